The van der Waals surface area contributed by atoms with Crippen molar-refractivity contribution in [2.45, 2.75) is 38.2 Å². The van der Waals surface area contributed by atoms with Crippen LogP contribution in [0.4, 0.5) is 20.6 Å². The summed E-state index contributed by atoms with van der Waals surface area (Å²) in [5.74, 6) is -0.700. The number of Topliss-reactive ketones (excluding diaryl/α,β-unsaturated/α-hetero) is 1. The summed E-state index contributed by atoms with van der Waals surface area (Å²) in [6, 6.07) is 8.33. The highest BCUT2D eigenvalue weighted by Gasteiger charge is 2.33. The summed E-state index contributed by atoms with van der Waals surface area (Å²) in [6.07, 6.45) is 2.37. The zero-order valence-corrected chi connectivity index (χ0v) is 18.5. The average molecular weight is 460 g/mol. The molecule has 0 aliphatic carbocycles. The molecule has 7 nitrogen and oxygen atoms in total. The number of ether oxygens (including phenoxy) is 1. The Kier molecular flexibility index (Phi) is 7.04. The number of thiophene rings is 1. The molecule has 1 aromatic carbocycles. The highest BCUT2D eigenvalue weighted by atomic mass is 32.1. The molecule has 2 saturated heterocycles. The standard InChI is InChI=1S/C23H26FN3O4S/c24-18-13-16(6-7-19(18)26-10-2-1-3-11-26)27-15-17(31-23(27)30)14-25-22(29)9-8-20(28)21-5-4-12-32-21/h4-7,12-13,17H,1-3,8-11,14-15H2,(H,25,29). The van der Waals surface area contributed by atoms with Crippen LogP contribution in [-0.2, 0) is 9.53 Å². The van der Waals surface area contributed by atoms with Gasteiger partial charge in [-0.3, -0.25) is 14.5 Å². The fourth-order valence-electron chi connectivity index (χ4n) is 4.00. The van der Waals surface area contributed by atoms with Crippen molar-refractivity contribution in [2.75, 3.05) is 36.0 Å². The van der Waals surface area contributed by atoms with Crippen LogP contribution in [0.25, 0.3) is 0 Å². The maximum absolute atomic E-state index is 14.7. The first-order chi connectivity index (χ1) is 15.5. The lowest BCUT2D eigenvalue weighted by Crippen LogP contribution is -2.34. The Balaban J connectivity index is 1.27. The van der Waals surface area contributed by atoms with Crippen molar-refractivity contribution in [3.8, 4) is 0 Å². The summed E-state index contributed by atoms with van der Waals surface area (Å²) in [6.45, 7) is 2.03. The largest absolute Gasteiger partial charge is 0.442 e. The van der Waals surface area contributed by atoms with E-state index in [4.69, 9.17) is 4.74 Å². The van der Waals surface area contributed by atoms with Crippen LogP contribution in [0.5, 0.6) is 0 Å². The molecule has 0 spiro atoms. The number of carbonyl (C=O) groups excluding carboxylic acids is 3. The lowest BCUT2D eigenvalue weighted by atomic mass is 10.1. The molecule has 32 heavy (non-hydrogen) atoms. The maximum Gasteiger partial charge on any atom is 0.414 e. The number of rotatable bonds is 8. The van der Waals surface area contributed by atoms with E-state index < -0.39 is 12.2 Å². The minimum atomic E-state index is -0.567. The quantitative estimate of drug-likeness (QED) is 0.604. The zero-order valence-electron chi connectivity index (χ0n) is 17.7. The summed E-state index contributed by atoms with van der Waals surface area (Å²) in [5.41, 5.74) is 0.991. The maximum atomic E-state index is 14.7. The minimum absolute atomic E-state index is 0.0661. The van der Waals surface area contributed by atoms with E-state index in [2.05, 4.69) is 5.32 Å². The topological polar surface area (TPSA) is 79.0 Å². The lowest BCUT2D eigenvalue weighted by Gasteiger charge is -2.29. The van der Waals surface area contributed by atoms with Crippen LogP contribution in [0.15, 0.2) is 35.7 Å². The molecular formula is C23H26FN3O4S. The van der Waals surface area contributed by atoms with Gasteiger partial charge in [0.2, 0.25) is 5.91 Å². The number of amides is 2. The molecule has 1 aromatic heterocycles. The third-order valence-corrected chi connectivity index (χ3v) is 6.63. The number of hydrogen-bond donors (Lipinski definition) is 1. The van der Waals surface area contributed by atoms with E-state index >= 15 is 0 Å². The summed E-state index contributed by atoms with van der Waals surface area (Å²) >= 11 is 1.35. The van der Waals surface area contributed by atoms with E-state index in [-0.39, 0.29) is 43.4 Å². The van der Waals surface area contributed by atoms with E-state index in [0.29, 0.717) is 16.3 Å². The molecule has 0 bridgehead atoms. The Morgan fingerprint density at radius 1 is 1.16 bits per heavy atom. The zero-order chi connectivity index (χ0) is 22.5. The molecule has 2 fully saturated rings. The van der Waals surface area contributed by atoms with Crippen molar-refractivity contribution in [1.29, 1.82) is 0 Å². The van der Waals surface area contributed by atoms with Crippen LogP contribution in [0, 0.1) is 5.82 Å². The first-order valence-corrected chi connectivity index (χ1v) is 11.8. The van der Waals surface area contributed by atoms with Crippen LogP contribution < -0.4 is 15.1 Å². The molecule has 0 radical (unpaired) electrons. The molecule has 2 amide bonds. The average Bonchev–Trinajstić information content (AvgIpc) is 3.46. The van der Waals surface area contributed by atoms with Gasteiger partial charge in [0.1, 0.15) is 11.9 Å². The van der Waals surface area contributed by atoms with Gasteiger partial charge in [0.15, 0.2) is 5.78 Å². The van der Waals surface area contributed by atoms with Crippen LogP contribution in [0.3, 0.4) is 0 Å². The molecule has 2 aromatic rings. The summed E-state index contributed by atoms with van der Waals surface area (Å²) in [7, 11) is 0. The van der Waals surface area contributed by atoms with Gasteiger partial charge in [0.25, 0.3) is 0 Å². The van der Waals surface area contributed by atoms with Gasteiger partial charge in [0, 0.05) is 25.9 Å². The number of nitrogens with one attached hydrogen (secondary N) is 1. The van der Waals surface area contributed by atoms with E-state index in [1.54, 1.807) is 24.3 Å². The van der Waals surface area contributed by atoms with E-state index in [9.17, 15) is 18.8 Å². The molecule has 2 aliphatic heterocycles. The summed E-state index contributed by atoms with van der Waals surface area (Å²) in [4.78, 5) is 40.4. The van der Waals surface area contributed by atoms with Gasteiger partial charge in [-0.05, 0) is 48.9 Å². The molecule has 3 heterocycles. The number of nitrogens with zero attached hydrogens (tertiary/aromatic N) is 2. The normalized spacial score (nSPS) is 18.5. The fourth-order valence-corrected chi connectivity index (χ4v) is 4.69. The SMILES string of the molecule is O=C(CCC(=O)c1cccs1)NCC1CN(c2ccc(N3CCCCC3)c(F)c2)C(=O)O1. The van der Waals surface area contributed by atoms with Gasteiger partial charge in [0.05, 0.1) is 29.3 Å². The second-order valence-electron chi connectivity index (χ2n) is 8.00. The first-order valence-electron chi connectivity index (χ1n) is 10.9. The Hall–Kier alpha value is -2.94. The smallest absolute Gasteiger partial charge is 0.414 e. The predicted octanol–water partition coefficient (Wildman–Crippen LogP) is 3.98. The minimum Gasteiger partial charge on any atom is -0.442 e. The number of ketones is 1. The van der Waals surface area contributed by atoms with Gasteiger partial charge in [-0.25, -0.2) is 9.18 Å². The Labute approximate surface area is 190 Å². The van der Waals surface area contributed by atoms with Crippen molar-refractivity contribution in [2.24, 2.45) is 0 Å². The van der Waals surface area contributed by atoms with Crippen molar-refractivity contribution in [3.63, 3.8) is 0 Å². The van der Waals surface area contributed by atoms with Gasteiger partial charge in [-0.2, -0.15) is 0 Å². The number of cyclic esters (lactones) is 1. The summed E-state index contributed by atoms with van der Waals surface area (Å²) in [5, 5.41) is 4.53. The Bertz CT molecular complexity index is 976. The molecule has 0 saturated carbocycles. The molecular weight excluding hydrogens is 433 g/mol. The predicted molar refractivity (Wildman–Crippen MR) is 121 cm³/mol. The highest BCUT2D eigenvalue weighted by molar-refractivity contribution is 7.12. The van der Waals surface area contributed by atoms with Gasteiger partial charge < -0.3 is 15.0 Å². The molecule has 9 heteroatoms. The molecule has 2 aliphatic rings. The summed E-state index contributed by atoms with van der Waals surface area (Å²) < 4.78 is 20.0. The number of carbonyl (C=O) groups is 3. The van der Waals surface area contributed by atoms with E-state index in [1.807, 2.05) is 10.3 Å². The molecule has 1 N–H and O–H groups in total. The Morgan fingerprint density at radius 3 is 2.69 bits per heavy atom. The van der Waals surface area contributed by atoms with Crippen LogP contribution in [-0.4, -0.2) is 50.1 Å². The number of hydrogen-bond acceptors (Lipinski definition) is 6. The van der Waals surface area contributed by atoms with Crippen LogP contribution in [0.1, 0.15) is 41.8 Å². The number of piperidine rings is 1. The first kappa shape index (κ1) is 22.3. The molecule has 170 valence electrons. The number of anilines is 2. The molecule has 1 atom stereocenters. The third-order valence-electron chi connectivity index (χ3n) is 5.72. The third kappa shape index (κ3) is 5.27. The second kappa shape index (κ2) is 10.1. The van der Waals surface area contributed by atoms with Crippen molar-refractivity contribution < 1.29 is 23.5 Å². The molecule has 4 rings (SSSR count). The van der Waals surface area contributed by atoms with Crippen molar-refractivity contribution in [3.05, 3.63) is 46.4 Å². The Morgan fingerprint density at radius 2 is 1.97 bits per heavy atom. The van der Waals surface area contributed by atoms with Crippen LogP contribution >= 0.6 is 11.3 Å². The van der Waals surface area contributed by atoms with Gasteiger partial charge in [-0.15, -0.1) is 11.3 Å². The van der Waals surface area contributed by atoms with E-state index in [1.165, 1.54) is 28.7 Å². The van der Waals surface area contributed by atoms with Crippen molar-refractivity contribution >= 4 is 40.5 Å². The van der Waals surface area contributed by atoms with Gasteiger partial charge in [-0.1, -0.05) is 6.07 Å². The number of halogens is 1. The van der Waals surface area contributed by atoms with E-state index in [0.717, 1.165) is 25.9 Å². The number of benzene rings is 1. The monoisotopic (exact) mass is 459 g/mol. The van der Waals surface area contributed by atoms with Crippen LogP contribution in [0.2, 0.25) is 0 Å². The highest BCUT2D eigenvalue weighted by Crippen LogP contribution is 2.29. The second-order valence-corrected chi connectivity index (χ2v) is 8.95. The molecule has 1 unspecified atom stereocenters. The lowest BCUT2D eigenvalue weighted by molar-refractivity contribution is -0.121. The fraction of sp³-hybridized carbons (Fsp3) is 0.435. The van der Waals surface area contributed by atoms with Gasteiger partial charge >= 0.3 is 6.09 Å². The van der Waals surface area contributed by atoms with Crippen molar-refractivity contribution in [1.82, 2.24) is 5.32 Å².